The van der Waals surface area contributed by atoms with Crippen molar-refractivity contribution in [2.45, 2.75) is 38.5 Å². The average Bonchev–Trinajstić information content (AvgIpc) is 2.45. The van der Waals surface area contributed by atoms with E-state index in [4.69, 9.17) is 4.74 Å². The minimum Gasteiger partial charge on any atom is -0.497 e. The second kappa shape index (κ2) is 7.24. The summed E-state index contributed by atoms with van der Waals surface area (Å²) in [6, 6.07) is 7.27. The van der Waals surface area contributed by atoms with Crippen LogP contribution >= 0.6 is 0 Å². The van der Waals surface area contributed by atoms with Crippen LogP contribution in [-0.2, 0) is 16.0 Å². The standard InChI is InChI=1S/C15H21FO4/c1-4-20-14(17)13(16)15(2,18)10-9-11-5-7-12(19-3)8-6-11/h5-8,13,18H,4,9-10H2,1-3H3. The molecular weight excluding hydrogens is 263 g/mol. The van der Waals surface area contributed by atoms with Crippen molar-refractivity contribution in [2.75, 3.05) is 13.7 Å². The highest BCUT2D eigenvalue weighted by Crippen LogP contribution is 2.22. The normalized spacial score (nSPS) is 15.2. The molecule has 5 heteroatoms. The van der Waals surface area contributed by atoms with E-state index in [0.717, 1.165) is 11.3 Å². The number of methoxy groups -OCH3 is 1. The van der Waals surface area contributed by atoms with Crippen LogP contribution in [0.3, 0.4) is 0 Å². The van der Waals surface area contributed by atoms with E-state index in [9.17, 15) is 14.3 Å². The van der Waals surface area contributed by atoms with Crippen LogP contribution in [0.25, 0.3) is 0 Å². The maximum absolute atomic E-state index is 13.8. The number of carbonyl (C=O) groups is 1. The summed E-state index contributed by atoms with van der Waals surface area (Å²) in [7, 11) is 1.58. The van der Waals surface area contributed by atoms with Gasteiger partial charge >= 0.3 is 5.97 Å². The van der Waals surface area contributed by atoms with E-state index < -0.39 is 17.7 Å². The predicted molar refractivity (Wildman–Crippen MR) is 73.5 cm³/mol. The maximum Gasteiger partial charge on any atom is 0.343 e. The number of aliphatic hydroxyl groups is 1. The van der Waals surface area contributed by atoms with Gasteiger partial charge in [-0.05, 0) is 44.4 Å². The molecule has 1 N–H and O–H groups in total. The van der Waals surface area contributed by atoms with Crippen molar-refractivity contribution in [3.05, 3.63) is 29.8 Å². The first kappa shape index (κ1) is 16.4. The molecule has 112 valence electrons. The molecular formula is C15H21FO4. The summed E-state index contributed by atoms with van der Waals surface area (Å²) in [6.07, 6.45) is -1.46. The Morgan fingerprint density at radius 1 is 1.40 bits per heavy atom. The van der Waals surface area contributed by atoms with Gasteiger partial charge in [0.2, 0.25) is 6.17 Å². The quantitative estimate of drug-likeness (QED) is 0.780. The molecule has 2 unspecified atom stereocenters. The van der Waals surface area contributed by atoms with Gasteiger partial charge in [0, 0.05) is 0 Å². The van der Waals surface area contributed by atoms with Gasteiger partial charge in [-0.1, -0.05) is 12.1 Å². The number of hydrogen-bond donors (Lipinski definition) is 1. The van der Waals surface area contributed by atoms with Crippen LogP contribution in [0.2, 0.25) is 0 Å². The Morgan fingerprint density at radius 2 is 2.00 bits per heavy atom. The average molecular weight is 284 g/mol. The molecule has 0 saturated carbocycles. The second-order valence-electron chi connectivity index (χ2n) is 4.82. The molecule has 0 amide bonds. The lowest BCUT2D eigenvalue weighted by molar-refractivity contribution is -0.159. The monoisotopic (exact) mass is 284 g/mol. The fourth-order valence-corrected chi connectivity index (χ4v) is 1.79. The lowest BCUT2D eigenvalue weighted by atomic mass is 9.92. The molecule has 20 heavy (non-hydrogen) atoms. The first-order valence-corrected chi connectivity index (χ1v) is 6.56. The van der Waals surface area contributed by atoms with Crippen LogP contribution in [-0.4, -0.2) is 36.6 Å². The summed E-state index contributed by atoms with van der Waals surface area (Å²) in [5.41, 5.74) is -0.811. The zero-order valence-corrected chi connectivity index (χ0v) is 12.1. The number of ether oxygens (including phenoxy) is 2. The first-order chi connectivity index (χ1) is 9.40. The molecule has 0 radical (unpaired) electrons. The topological polar surface area (TPSA) is 55.8 Å². The molecule has 0 heterocycles. The van der Waals surface area contributed by atoms with Crippen LogP contribution in [0.4, 0.5) is 4.39 Å². The Kier molecular flexibility index (Phi) is 5.95. The number of carbonyl (C=O) groups excluding carboxylic acids is 1. The van der Waals surface area contributed by atoms with E-state index in [1.165, 1.54) is 6.92 Å². The molecule has 0 aromatic heterocycles. The Bertz CT molecular complexity index is 428. The van der Waals surface area contributed by atoms with Crippen LogP contribution < -0.4 is 4.74 Å². The zero-order valence-electron chi connectivity index (χ0n) is 12.1. The summed E-state index contributed by atoms with van der Waals surface area (Å²) in [5, 5.41) is 10.0. The summed E-state index contributed by atoms with van der Waals surface area (Å²) in [4.78, 5) is 11.3. The fourth-order valence-electron chi connectivity index (χ4n) is 1.79. The fraction of sp³-hybridized carbons (Fsp3) is 0.533. The summed E-state index contributed by atoms with van der Waals surface area (Å²) >= 11 is 0. The molecule has 1 aromatic rings. The molecule has 0 fully saturated rings. The van der Waals surface area contributed by atoms with Crippen molar-refractivity contribution in [2.24, 2.45) is 0 Å². The maximum atomic E-state index is 13.8. The number of benzene rings is 1. The summed E-state index contributed by atoms with van der Waals surface area (Å²) < 4.78 is 23.5. The largest absolute Gasteiger partial charge is 0.497 e. The van der Waals surface area contributed by atoms with Gasteiger partial charge in [0.1, 0.15) is 11.4 Å². The lowest BCUT2D eigenvalue weighted by Crippen LogP contribution is -2.43. The van der Waals surface area contributed by atoms with Crippen LogP contribution in [0.1, 0.15) is 25.8 Å². The molecule has 0 spiro atoms. The third-order valence-electron chi connectivity index (χ3n) is 3.12. The number of hydrogen-bond acceptors (Lipinski definition) is 4. The van der Waals surface area contributed by atoms with Gasteiger partial charge < -0.3 is 14.6 Å². The smallest absolute Gasteiger partial charge is 0.343 e. The Balaban J connectivity index is 2.59. The SMILES string of the molecule is CCOC(=O)C(F)C(C)(O)CCc1ccc(OC)cc1. The molecule has 1 aromatic carbocycles. The van der Waals surface area contributed by atoms with Gasteiger partial charge in [0.25, 0.3) is 0 Å². The molecule has 0 saturated heterocycles. The van der Waals surface area contributed by atoms with Crippen molar-refractivity contribution < 1.29 is 23.8 Å². The Hall–Kier alpha value is -1.62. The van der Waals surface area contributed by atoms with Crippen LogP contribution in [0.15, 0.2) is 24.3 Å². The van der Waals surface area contributed by atoms with Gasteiger partial charge in [-0.2, -0.15) is 0 Å². The Labute approximate surface area is 118 Å². The molecule has 0 aliphatic rings. The number of esters is 1. The third kappa shape index (κ3) is 4.49. The number of halogens is 1. The van der Waals surface area contributed by atoms with Crippen molar-refractivity contribution in [3.8, 4) is 5.75 Å². The minimum atomic E-state index is -2.04. The van der Waals surface area contributed by atoms with E-state index in [1.54, 1.807) is 26.2 Å². The predicted octanol–water partition coefficient (Wildman–Crippen LogP) is 2.28. The highest BCUT2D eigenvalue weighted by atomic mass is 19.1. The highest BCUT2D eigenvalue weighted by Gasteiger charge is 2.38. The van der Waals surface area contributed by atoms with Gasteiger partial charge in [-0.3, -0.25) is 0 Å². The van der Waals surface area contributed by atoms with Crippen LogP contribution in [0.5, 0.6) is 5.75 Å². The van der Waals surface area contributed by atoms with Crippen molar-refractivity contribution in [1.82, 2.24) is 0 Å². The number of rotatable bonds is 7. The van der Waals surface area contributed by atoms with Gasteiger partial charge in [0.05, 0.1) is 13.7 Å². The van der Waals surface area contributed by atoms with E-state index in [1.807, 2.05) is 12.1 Å². The number of aryl methyl sites for hydroxylation is 1. The van der Waals surface area contributed by atoms with Gasteiger partial charge in [-0.25, -0.2) is 9.18 Å². The lowest BCUT2D eigenvalue weighted by Gasteiger charge is -2.25. The summed E-state index contributed by atoms with van der Waals surface area (Å²) in [6.45, 7) is 2.99. The zero-order chi connectivity index (χ0) is 15.2. The molecule has 2 atom stereocenters. The van der Waals surface area contributed by atoms with E-state index in [2.05, 4.69) is 4.74 Å². The molecule has 0 bridgehead atoms. The minimum absolute atomic E-state index is 0.0911. The third-order valence-corrected chi connectivity index (χ3v) is 3.12. The molecule has 0 aliphatic carbocycles. The highest BCUT2D eigenvalue weighted by molar-refractivity contribution is 5.76. The van der Waals surface area contributed by atoms with Gasteiger partial charge in [0.15, 0.2) is 0 Å². The summed E-state index contributed by atoms with van der Waals surface area (Å²) in [5.74, 6) is -0.289. The van der Waals surface area contributed by atoms with Gasteiger partial charge in [-0.15, -0.1) is 0 Å². The molecule has 0 aliphatic heterocycles. The molecule has 1 rings (SSSR count). The Morgan fingerprint density at radius 3 is 2.50 bits per heavy atom. The first-order valence-electron chi connectivity index (χ1n) is 6.56. The number of alkyl halides is 1. The second-order valence-corrected chi connectivity index (χ2v) is 4.82. The van der Waals surface area contributed by atoms with Crippen LogP contribution in [0, 0.1) is 0 Å². The van der Waals surface area contributed by atoms with Crippen molar-refractivity contribution >= 4 is 5.97 Å². The van der Waals surface area contributed by atoms with E-state index >= 15 is 0 Å². The van der Waals surface area contributed by atoms with E-state index in [0.29, 0.717) is 6.42 Å². The molecule has 4 nitrogen and oxygen atoms in total. The van der Waals surface area contributed by atoms with Crippen molar-refractivity contribution in [3.63, 3.8) is 0 Å². The van der Waals surface area contributed by atoms with Crippen molar-refractivity contribution in [1.29, 1.82) is 0 Å². The van der Waals surface area contributed by atoms with E-state index in [-0.39, 0.29) is 13.0 Å².